The van der Waals surface area contributed by atoms with Crippen LogP contribution in [0.15, 0.2) is 42.5 Å². The molecule has 0 fully saturated rings. The molecule has 0 amide bonds. The molecule has 2 nitrogen and oxygen atoms in total. The van der Waals surface area contributed by atoms with Crippen molar-refractivity contribution >= 4 is 16.6 Å². The van der Waals surface area contributed by atoms with Gasteiger partial charge in [0.1, 0.15) is 5.82 Å². The maximum atomic E-state index is 13.1. The van der Waals surface area contributed by atoms with Gasteiger partial charge < -0.3 is 9.88 Å². The fourth-order valence-electron chi connectivity index (χ4n) is 2.89. The number of hydrogen-bond acceptors (Lipinski definition) is 1. The summed E-state index contributed by atoms with van der Waals surface area (Å²) in [4.78, 5) is 0. The van der Waals surface area contributed by atoms with E-state index >= 15 is 0 Å². The lowest BCUT2D eigenvalue weighted by atomic mass is 10.1. The number of fused-ring (bicyclic) bond motifs is 1. The molecule has 0 unspecified atom stereocenters. The summed E-state index contributed by atoms with van der Waals surface area (Å²) in [6, 6.07) is 13.2. The molecule has 0 saturated heterocycles. The highest BCUT2D eigenvalue weighted by Crippen LogP contribution is 2.25. The second kappa shape index (κ2) is 5.24. The van der Waals surface area contributed by atoms with E-state index in [9.17, 15) is 4.39 Å². The summed E-state index contributed by atoms with van der Waals surface area (Å²) in [5, 5.41) is 4.70. The Balaban J connectivity index is 1.92. The zero-order valence-electron chi connectivity index (χ0n) is 12.6. The lowest BCUT2D eigenvalue weighted by Crippen LogP contribution is -2.06. The van der Waals surface area contributed by atoms with Crippen molar-refractivity contribution in [2.45, 2.75) is 20.4 Å². The Bertz CT molecular complexity index is 763. The van der Waals surface area contributed by atoms with Crippen LogP contribution in [0.2, 0.25) is 0 Å². The first-order valence-electron chi connectivity index (χ1n) is 7.11. The molecule has 3 rings (SSSR count). The molecule has 3 heteroatoms. The van der Waals surface area contributed by atoms with Gasteiger partial charge >= 0.3 is 0 Å². The van der Waals surface area contributed by atoms with Crippen molar-refractivity contribution in [2.24, 2.45) is 7.05 Å². The predicted octanol–water partition coefficient (Wildman–Crippen LogP) is 4.55. The minimum absolute atomic E-state index is 0.196. The quantitative estimate of drug-likeness (QED) is 0.746. The van der Waals surface area contributed by atoms with Gasteiger partial charge in [-0.05, 0) is 49.2 Å². The summed E-state index contributed by atoms with van der Waals surface area (Å²) in [7, 11) is 2.09. The smallest absolute Gasteiger partial charge is 0.123 e. The van der Waals surface area contributed by atoms with E-state index in [4.69, 9.17) is 0 Å². The zero-order valence-corrected chi connectivity index (χ0v) is 12.6. The van der Waals surface area contributed by atoms with Crippen LogP contribution < -0.4 is 5.32 Å². The molecule has 0 radical (unpaired) electrons. The first-order chi connectivity index (χ1) is 10.1. The van der Waals surface area contributed by atoms with Gasteiger partial charge in [-0.3, -0.25) is 0 Å². The summed E-state index contributed by atoms with van der Waals surface area (Å²) in [6.07, 6.45) is 0. The van der Waals surface area contributed by atoms with Crippen LogP contribution in [0.5, 0.6) is 0 Å². The highest BCUT2D eigenvalue weighted by molar-refractivity contribution is 5.85. The number of rotatable bonds is 3. The molecule has 21 heavy (non-hydrogen) atoms. The summed E-state index contributed by atoms with van der Waals surface area (Å²) in [6.45, 7) is 4.79. The molecule has 0 bridgehead atoms. The van der Waals surface area contributed by atoms with Gasteiger partial charge in [-0.1, -0.05) is 18.2 Å². The van der Waals surface area contributed by atoms with Crippen LogP contribution in [0, 0.1) is 19.7 Å². The normalized spacial score (nSPS) is 11.0. The third-order valence-electron chi connectivity index (χ3n) is 4.14. The third kappa shape index (κ3) is 2.40. The van der Waals surface area contributed by atoms with Crippen LogP contribution >= 0.6 is 0 Å². The number of anilines is 1. The average Bonchev–Trinajstić information content (AvgIpc) is 2.71. The topological polar surface area (TPSA) is 17.0 Å². The van der Waals surface area contributed by atoms with Crippen LogP contribution in [0.1, 0.15) is 16.8 Å². The third-order valence-corrected chi connectivity index (χ3v) is 4.14. The van der Waals surface area contributed by atoms with Gasteiger partial charge in [0.2, 0.25) is 0 Å². The van der Waals surface area contributed by atoms with Crippen LogP contribution in [0.25, 0.3) is 10.9 Å². The minimum atomic E-state index is -0.196. The van der Waals surface area contributed by atoms with Crippen molar-refractivity contribution in [1.29, 1.82) is 0 Å². The minimum Gasteiger partial charge on any atom is -0.379 e. The van der Waals surface area contributed by atoms with Crippen molar-refractivity contribution in [3.05, 3.63) is 65.1 Å². The first-order valence-corrected chi connectivity index (χ1v) is 7.11. The van der Waals surface area contributed by atoms with E-state index in [-0.39, 0.29) is 5.82 Å². The van der Waals surface area contributed by atoms with Crippen molar-refractivity contribution in [1.82, 2.24) is 4.57 Å². The maximum Gasteiger partial charge on any atom is 0.123 e. The molecular formula is C18H19FN2. The van der Waals surface area contributed by atoms with Gasteiger partial charge in [0.25, 0.3) is 0 Å². The number of aryl methyl sites for hydroxylation is 3. The predicted molar refractivity (Wildman–Crippen MR) is 86.1 cm³/mol. The lowest BCUT2D eigenvalue weighted by molar-refractivity contribution is 0.627. The standard InChI is InChI=1S/C18H19FN2/c1-12-10-14(19)8-9-16(12)20-11-18-13(2)15-6-4-5-7-17(15)21(18)3/h4-10,20H,11H2,1-3H3. The van der Waals surface area contributed by atoms with Crippen molar-refractivity contribution in [2.75, 3.05) is 5.32 Å². The van der Waals surface area contributed by atoms with Gasteiger partial charge in [-0.15, -0.1) is 0 Å². The number of benzene rings is 2. The molecule has 3 aromatic rings. The Morgan fingerprint density at radius 1 is 1.10 bits per heavy atom. The Morgan fingerprint density at radius 3 is 2.57 bits per heavy atom. The van der Waals surface area contributed by atoms with E-state index in [0.29, 0.717) is 0 Å². The molecule has 0 spiro atoms. The highest BCUT2D eigenvalue weighted by atomic mass is 19.1. The van der Waals surface area contributed by atoms with E-state index in [1.165, 1.54) is 28.2 Å². The van der Waals surface area contributed by atoms with E-state index in [1.807, 2.05) is 6.92 Å². The van der Waals surface area contributed by atoms with E-state index in [0.717, 1.165) is 17.8 Å². The van der Waals surface area contributed by atoms with Gasteiger partial charge in [0, 0.05) is 29.3 Å². The zero-order chi connectivity index (χ0) is 15.0. The first kappa shape index (κ1) is 13.7. The molecule has 1 heterocycles. The number of para-hydroxylation sites is 1. The van der Waals surface area contributed by atoms with Crippen LogP contribution in [0.4, 0.5) is 10.1 Å². The Morgan fingerprint density at radius 2 is 1.86 bits per heavy atom. The van der Waals surface area contributed by atoms with Crippen molar-refractivity contribution < 1.29 is 4.39 Å². The summed E-state index contributed by atoms with van der Waals surface area (Å²) >= 11 is 0. The van der Waals surface area contributed by atoms with Gasteiger partial charge in [0.05, 0.1) is 6.54 Å². The molecule has 0 saturated carbocycles. The molecule has 2 aromatic carbocycles. The fourth-order valence-corrected chi connectivity index (χ4v) is 2.89. The molecule has 0 aliphatic rings. The SMILES string of the molecule is Cc1cc(F)ccc1NCc1c(C)c2ccccc2n1C. The molecule has 0 aliphatic heterocycles. The average molecular weight is 282 g/mol. The monoisotopic (exact) mass is 282 g/mol. The second-order valence-corrected chi connectivity index (χ2v) is 5.46. The second-order valence-electron chi connectivity index (χ2n) is 5.46. The highest BCUT2D eigenvalue weighted by Gasteiger charge is 2.11. The number of nitrogens with zero attached hydrogens (tertiary/aromatic N) is 1. The summed E-state index contributed by atoms with van der Waals surface area (Å²) in [5.74, 6) is -0.196. The number of halogens is 1. The summed E-state index contributed by atoms with van der Waals surface area (Å²) < 4.78 is 15.4. The van der Waals surface area contributed by atoms with E-state index in [1.54, 1.807) is 12.1 Å². The Kier molecular flexibility index (Phi) is 3.42. The molecule has 1 aromatic heterocycles. The fraction of sp³-hybridized carbons (Fsp3) is 0.222. The number of aromatic nitrogens is 1. The van der Waals surface area contributed by atoms with Gasteiger partial charge in [-0.2, -0.15) is 0 Å². The van der Waals surface area contributed by atoms with Gasteiger partial charge in [-0.25, -0.2) is 4.39 Å². The lowest BCUT2D eigenvalue weighted by Gasteiger charge is -2.11. The number of nitrogens with one attached hydrogen (secondary N) is 1. The van der Waals surface area contributed by atoms with Crippen LogP contribution in [0.3, 0.4) is 0 Å². The molecule has 0 atom stereocenters. The summed E-state index contributed by atoms with van der Waals surface area (Å²) in [5.41, 5.74) is 5.68. The van der Waals surface area contributed by atoms with Crippen molar-refractivity contribution in [3.63, 3.8) is 0 Å². The molecule has 0 aliphatic carbocycles. The molecule has 1 N–H and O–H groups in total. The van der Waals surface area contributed by atoms with Crippen molar-refractivity contribution in [3.8, 4) is 0 Å². The van der Waals surface area contributed by atoms with E-state index < -0.39 is 0 Å². The largest absolute Gasteiger partial charge is 0.379 e. The Labute approximate surface area is 124 Å². The molecule has 108 valence electrons. The van der Waals surface area contributed by atoms with Crippen LogP contribution in [-0.2, 0) is 13.6 Å². The Hall–Kier alpha value is -2.29. The number of hydrogen-bond donors (Lipinski definition) is 1. The molecular weight excluding hydrogens is 263 g/mol. The van der Waals surface area contributed by atoms with Gasteiger partial charge in [0.15, 0.2) is 0 Å². The van der Waals surface area contributed by atoms with Crippen LogP contribution in [-0.4, -0.2) is 4.57 Å². The maximum absolute atomic E-state index is 13.1. The van der Waals surface area contributed by atoms with E-state index in [2.05, 4.69) is 48.1 Å².